The Bertz CT molecular complexity index is 930. The lowest BCUT2D eigenvalue weighted by Crippen LogP contribution is -2.19. The zero-order chi connectivity index (χ0) is 18.5. The number of aryl methyl sites for hydroxylation is 1. The fraction of sp³-hybridized carbons (Fsp3) is 0.250. The number of hydrogen-bond donors (Lipinski definition) is 2. The summed E-state index contributed by atoms with van der Waals surface area (Å²) in [6, 6.07) is 12.6. The van der Waals surface area contributed by atoms with Crippen molar-refractivity contribution in [2.24, 2.45) is 0 Å². The minimum Gasteiger partial charge on any atom is -0.282 e. The molecule has 9 heteroatoms. The van der Waals surface area contributed by atoms with Crippen LogP contribution in [0.4, 0.5) is 15.8 Å². The molecular weight excluding hydrogens is 367 g/mol. The van der Waals surface area contributed by atoms with Crippen molar-refractivity contribution in [1.82, 2.24) is 0 Å². The van der Waals surface area contributed by atoms with Crippen LogP contribution in [-0.4, -0.2) is 28.8 Å². The van der Waals surface area contributed by atoms with Gasteiger partial charge in [-0.05, 0) is 30.5 Å². The molecule has 0 unspecified atom stereocenters. The van der Waals surface area contributed by atoms with Crippen LogP contribution < -0.4 is 9.44 Å². The SMILES string of the molecule is CS(=O)(=O)Nc1ccc(F)cc1NS(=O)(=O)CCCc1ccccc1. The molecule has 2 rings (SSSR count). The summed E-state index contributed by atoms with van der Waals surface area (Å²) in [5, 5.41) is 0. The lowest BCUT2D eigenvalue weighted by Gasteiger charge is -2.13. The fourth-order valence-electron chi connectivity index (χ4n) is 2.22. The van der Waals surface area contributed by atoms with Crippen molar-refractivity contribution in [3.8, 4) is 0 Å². The Kier molecular flexibility index (Phi) is 6.02. The largest absolute Gasteiger partial charge is 0.282 e. The lowest BCUT2D eigenvalue weighted by atomic mass is 10.1. The van der Waals surface area contributed by atoms with Gasteiger partial charge < -0.3 is 0 Å². The monoisotopic (exact) mass is 386 g/mol. The molecule has 2 N–H and O–H groups in total. The second-order valence-electron chi connectivity index (χ2n) is 5.57. The highest BCUT2D eigenvalue weighted by Gasteiger charge is 2.15. The van der Waals surface area contributed by atoms with E-state index in [1.54, 1.807) is 0 Å². The van der Waals surface area contributed by atoms with Crippen LogP contribution in [0.25, 0.3) is 0 Å². The zero-order valence-corrected chi connectivity index (χ0v) is 15.2. The average Bonchev–Trinajstić information content (AvgIpc) is 2.49. The first-order chi connectivity index (χ1) is 11.6. The van der Waals surface area contributed by atoms with E-state index in [-0.39, 0.29) is 17.1 Å². The summed E-state index contributed by atoms with van der Waals surface area (Å²) in [4.78, 5) is 0. The van der Waals surface area contributed by atoms with Crippen molar-refractivity contribution in [1.29, 1.82) is 0 Å². The third-order valence-electron chi connectivity index (χ3n) is 3.26. The van der Waals surface area contributed by atoms with Gasteiger partial charge in [0.15, 0.2) is 0 Å². The number of nitrogens with one attached hydrogen (secondary N) is 2. The molecule has 0 spiro atoms. The Morgan fingerprint density at radius 1 is 0.920 bits per heavy atom. The van der Waals surface area contributed by atoms with E-state index in [2.05, 4.69) is 9.44 Å². The topological polar surface area (TPSA) is 92.3 Å². The molecule has 0 heterocycles. The predicted molar refractivity (Wildman–Crippen MR) is 97.0 cm³/mol. The standard InChI is InChI=1S/C16H19FN2O4S2/c1-24(20,21)18-15-10-9-14(17)12-16(15)19-25(22,23)11-5-8-13-6-3-2-4-7-13/h2-4,6-7,9-10,12,18-19H,5,8,11H2,1H3. The second-order valence-corrected chi connectivity index (χ2v) is 9.16. The zero-order valence-electron chi connectivity index (χ0n) is 13.6. The molecular formula is C16H19FN2O4S2. The molecule has 0 aliphatic heterocycles. The average molecular weight is 386 g/mol. The Hall–Kier alpha value is -2.13. The van der Waals surface area contributed by atoms with E-state index in [1.807, 2.05) is 30.3 Å². The molecule has 0 amide bonds. The minimum absolute atomic E-state index is 0.0319. The maximum absolute atomic E-state index is 13.4. The quantitative estimate of drug-likeness (QED) is 0.729. The summed E-state index contributed by atoms with van der Waals surface area (Å²) >= 11 is 0. The Morgan fingerprint density at radius 3 is 2.24 bits per heavy atom. The van der Waals surface area contributed by atoms with Crippen LogP contribution in [0.2, 0.25) is 0 Å². The first kappa shape index (κ1) is 19.2. The fourth-order valence-corrected chi connectivity index (χ4v) is 3.93. The molecule has 2 aromatic rings. The van der Waals surface area contributed by atoms with Crippen molar-refractivity contribution in [2.75, 3.05) is 21.5 Å². The van der Waals surface area contributed by atoms with Gasteiger partial charge in [-0.25, -0.2) is 21.2 Å². The molecule has 0 saturated heterocycles. The maximum atomic E-state index is 13.4. The summed E-state index contributed by atoms with van der Waals surface area (Å²) in [5.41, 5.74) is 0.837. The van der Waals surface area contributed by atoms with Crippen molar-refractivity contribution in [3.05, 3.63) is 59.9 Å². The number of anilines is 2. The number of hydrogen-bond acceptors (Lipinski definition) is 4. The normalized spacial score (nSPS) is 11.9. The molecule has 136 valence electrons. The van der Waals surface area contributed by atoms with Crippen molar-refractivity contribution in [2.45, 2.75) is 12.8 Å². The first-order valence-electron chi connectivity index (χ1n) is 7.46. The molecule has 0 aliphatic carbocycles. The van der Waals surface area contributed by atoms with Crippen molar-refractivity contribution >= 4 is 31.4 Å². The third kappa shape index (κ3) is 6.71. The maximum Gasteiger partial charge on any atom is 0.232 e. The number of halogens is 1. The van der Waals surface area contributed by atoms with Crippen LogP contribution in [0.3, 0.4) is 0 Å². The molecule has 25 heavy (non-hydrogen) atoms. The van der Waals surface area contributed by atoms with E-state index in [9.17, 15) is 21.2 Å². The lowest BCUT2D eigenvalue weighted by molar-refractivity contribution is 0.597. The molecule has 6 nitrogen and oxygen atoms in total. The number of benzene rings is 2. The summed E-state index contributed by atoms with van der Waals surface area (Å²) in [5.74, 6) is -0.850. The van der Waals surface area contributed by atoms with E-state index in [1.165, 1.54) is 0 Å². The minimum atomic E-state index is -3.75. The van der Waals surface area contributed by atoms with E-state index in [0.717, 1.165) is 30.0 Å². The van der Waals surface area contributed by atoms with Gasteiger partial charge in [0.2, 0.25) is 20.0 Å². The second kappa shape index (κ2) is 7.83. The van der Waals surface area contributed by atoms with Crippen LogP contribution >= 0.6 is 0 Å². The van der Waals surface area contributed by atoms with Crippen LogP contribution in [0.1, 0.15) is 12.0 Å². The number of rotatable bonds is 8. The first-order valence-corrected chi connectivity index (χ1v) is 11.0. The van der Waals surface area contributed by atoms with Crippen LogP contribution in [0.5, 0.6) is 0 Å². The van der Waals surface area contributed by atoms with Crippen molar-refractivity contribution < 1.29 is 21.2 Å². The summed E-state index contributed by atoms with van der Waals surface area (Å²) in [7, 11) is -7.38. The number of sulfonamides is 2. The highest BCUT2D eigenvalue weighted by molar-refractivity contribution is 7.93. The van der Waals surface area contributed by atoms with Gasteiger partial charge in [0.05, 0.1) is 23.4 Å². The van der Waals surface area contributed by atoms with Gasteiger partial charge in [-0.3, -0.25) is 9.44 Å². The molecule has 2 aromatic carbocycles. The molecule has 0 bridgehead atoms. The van der Waals surface area contributed by atoms with Gasteiger partial charge in [-0.15, -0.1) is 0 Å². The highest BCUT2D eigenvalue weighted by Crippen LogP contribution is 2.25. The molecule has 0 fully saturated rings. The predicted octanol–water partition coefficient (Wildman–Crippen LogP) is 2.57. The van der Waals surface area contributed by atoms with Crippen LogP contribution in [0, 0.1) is 5.82 Å². The van der Waals surface area contributed by atoms with Gasteiger partial charge in [0.1, 0.15) is 5.82 Å². The van der Waals surface area contributed by atoms with E-state index >= 15 is 0 Å². The summed E-state index contributed by atoms with van der Waals surface area (Å²) < 4.78 is 64.9. The third-order valence-corrected chi connectivity index (χ3v) is 5.21. The highest BCUT2D eigenvalue weighted by atomic mass is 32.2. The van der Waals surface area contributed by atoms with Crippen molar-refractivity contribution in [3.63, 3.8) is 0 Å². The molecule has 0 atom stereocenters. The molecule has 0 aliphatic rings. The van der Waals surface area contributed by atoms with E-state index in [0.29, 0.717) is 12.8 Å². The van der Waals surface area contributed by atoms with Gasteiger partial charge in [0, 0.05) is 6.07 Å². The Morgan fingerprint density at radius 2 is 1.60 bits per heavy atom. The molecule has 0 saturated carbocycles. The smallest absolute Gasteiger partial charge is 0.232 e. The van der Waals surface area contributed by atoms with Crippen LogP contribution in [0.15, 0.2) is 48.5 Å². The van der Waals surface area contributed by atoms with Gasteiger partial charge in [-0.1, -0.05) is 30.3 Å². The van der Waals surface area contributed by atoms with E-state index < -0.39 is 25.9 Å². The Balaban J connectivity index is 2.07. The Labute approximate surface area is 147 Å². The summed E-state index contributed by atoms with van der Waals surface area (Å²) in [6.45, 7) is 0. The van der Waals surface area contributed by atoms with E-state index in [4.69, 9.17) is 0 Å². The van der Waals surface area contributed by atoms with Crippen LogP contribution in [-0.2, 0) is 26.5 Å². The molecule has 0 aromatic heterocycles. The van der Waals surface area contributed by atoms with Gasteiger partial charge >= 0.3 is 0 Å². The molecule has 0 radical (unpaired) electrons. The van der Waals surface area contributed by atoms with Gasteiger partial charge in [-0.2, -0.15) is 0 Å². The van der Waals surface area contributed by atoms with Gasteiger partial charge in [0.25, 0.3) is 0 Å². The summed E-state index contributed by atoms with van der Waals surface area (Å²) in [6.07, 6.45) is 1.89.